The van der Waals surface area contributed by atoms with Gasteiger partial charge in [0.05, 0.1) is 0 Å². The molecule has 2 aromatic rings. The van der Waals surface area contributed by atoms with Gasteiger partial charge < -0.3 is 11.1 Å². The maximum absolute atomic E-state index is 5.59. The third-order valence-electron chi connectivity index (χ3n) is 2.17. The number of nitrogen functional groups attached to an aromatic ring is 1. The van der Waals surface area contributed by atoms with Gasteiger partial charge in [-0.3, -0.25) is 0 Å². The summed E-state index contributed by atoms with van der Waals surface area (Å²) in [6.45, 7) is 0.767. The maximum atomic E-state index is 5.59. The molecule has 1 heterocycles. The van der Waals surface area contributed by atoms with Crippen LogP contribution in [0.1, 0.15) is 5.56 Å². The third-order valence-corrected chi connectivity index (χ3v) is 2.66. The average Bonchev–Trinajstić information content (AvgIpc) is 2.27. The summed E-state index contributed by atoms with van der Waals surface area (Å²) < 4.78 is 1.08. The molecule has 82 valence electrons. The van der Waals surface area contributed by atoms with E-state index in [1.54, 1.807) is 6.20 Å². The summed E-state index contributed by atoms with van der Waals surface area (Å²) in [5.41, 5.74) is 7.78. The summed E-state index contributed by atoms with van der Waals surface area (Å²) in [5.74, 6) is 0.527. The van der Waals surface area contributed by atoms with E-state index in [-0.39, 0.29) is 0 Å². The van der Waals surface area contributed by atoms with Crippen molar-refractivity contribution in [1.82, 2.24) is 4.98 Å². The van der Waals surface area contributed by atoms with Crippen LogP contribution >= 0.6 is 15.9 Å². The zero-order valence-corrected chi connectivity index (χ0v) is 10.2. The fourth-order valence-electron chi connectivity index (χ4n) is 1.41. The number of hydrogen-bond acceptors (Lipinski definition) is 3. The van der Waals surface area contributed by atoms with Crippen molar-refractivity contribution in [2.75, 3.05) is 11.1 Å². The van der Waals surface area contributed by atoms with Gasteiger partial charge in [-0.25, -0.2) is 4.98 Å². The molecular formula is C12H12BrN3. The van der Waals surface area contributed by atoms with Gasteiger partial charge in [0.25, 0.3) is 0 Å². The maximum Gasteiger partial charge on any atom is 0.125 e. The zero-order valence-electron chi connectivity index (χ0n) is 8.65. The van der Waals surface area contributed by atoms with Crippen LogP contribution in [-0.4, -0.2) is 4.98 Å². The molecule has 3 nitrogen and oxygen atoms in total. The number of rotatable bonds is 3. The van der Waals surface area contributed by atoms with Gasteiger partial charge in [0.1, 0.15) is 5.82 Å². The molecule has 3 N–H and O–H groups in total. The lowest BCUT2D eigenvalue weighted by Gasteiger charge is -2.07. The molecule has 0 aliphatic rings. The minimum atomic E-state index is 0.527. The van der Waals surface area contributed by atoms with Crippen LogP contribution in [-0.2, 0) is 6.54 Å². The van der Waals surface area contributed by atoms with Crippen molar-refractivity contribution in [1.29, 1.82) is 0 Å². The quantitative estimate of drug-likeness (QED) is 0.907. The van der Waals surface area contributed by atoms with Crippen molar-refractivity contribution in [3.63, 3.8) is 0 Å². The first-order valence-corrected chi connectivity index (χ1v) is 5.73. The summed E-state index contributed by atoms with van der Waals surface area (Å²) in [5, 5.41) is 3.29. The fourth-order valence-corrected chi connectivity index (χ4v) is 1.86. The Balaban J connectivity index is 2.02. The Labute approximate surface area is 103 Å². The smallest absolute Gasteiger partial charge is 0.125 e. The van der Waals surface area contributed by atoms with E-state index in [1.807, 2.05) is 24.3 Å². The molecule has 0 unspecified atom stereocenters. The molecule has 4 heteroatoms. The van der Waals surface area contributed by atoms with E-state index in [0.29, 0.717) is 5.82 Å². The van der Waals surface area contributed by atoms with Crippen LogP contribution < -0.4 is 11.1 Å². The Hall–Kier alpha value is -1.55. The van der Waals surface area contributed by atoms with E-state index in [2.05, 4.69) is 38.4 Å². The molecule has 1 aromatic carbocycles. The van der Waals surface area contributed by atoms with Crippen LogP contribution in [0.25, 0.3) is 0 Å². The predicted molar refractivity (Wildman–Crippen MR) is 70.1 cm³/mol. The van der Waals surface area contributed by atoms with Gasteiger partial charge in [-0.15, -0.1) is 0 Å². The Kier molecular flexibility index (Phi) is 3.41. The van der Waals surface area contributed by atoms with E-state index in [0.717, 1.165) is 16.7 Å². The number of pyridine rings is 1. The first-order valence-electron chi connectivity index (χ1n) is 4.94. The molecule has 0 amide bonds. The number of anilines is 2. The van der Waals surface area contributed by atoms with Gasteiger partial charge in [-0.1, -0.05) is 28.1 Å². The summed E-state index contributed by atoms with van der Waals surface area (Å²) >= 11 is 3.44. The normalized spacial score (nSPS) is 10.1. The van der Waals surface area contributed by atoms with E-state index in [4.69, 9.17) is 5.73 Å². The minimum Gasteiger partial charge on any atom is -0.384 e. The Bertz CT molecular complexity index is 440. The molecule has 2 rings (SSSR count). The van der Waals surface area contributed by atoms with Gasteiger partial charge in [0.2, 0.25) is 0 Å². The molecule has 0 radical (unpaired) electrons. The van der Waals surface area contributed by atoms with Gasteiger partial charge in [0.15, 0.2) is 0 Å². The van der Waals surface area contributed by atoms with Crippen LogP contribution in [0.3, 0.4) is 0 Å². The van der Waals surface area contributed by atoms with Crippen LogP contribution in [0, 0.1) is 0 Å². The molecule has 16 heavy (non-hydrogen) atoms. The molecule has 0 saturated carbocycles. The fraction of sp³-hybridized carbons (Fsp3) is 0.0833. The SMILES string of the molecule is Nc1cc(NCc2cccc(Br)c2)ccn1. The number of nitrogens with one attached hydrogen (secondary N) is 1. The van der Waals surface area contributed by atoms with Crippen LogP contribution in [0.15, 0.2) is 47.1 Å². The molecular weight excluding hydrogens is 266 g/mol. The molecule has 0 bridgehead atoms. The highest BCUT2D eigenvalue weighted by atomic mass is 79.9. The van der Waals surface area contributed by atoms with Gasteiger partial charge in [-0.2, -0.15) is 0 Å². The second-order valence-electron chi connectivity index (χ2n) is 3.45. The molecule has 0 atom stereocenters. The van der Waals surface area contributed by atoms with Gasteiger partial charge >= 0.3 is 0 Å². The summed E-state index contributed by atoms with van der Waals surface area (Å²) in [4.78, 5) is 3.94. The molecule has 0 aliphatic carbocycles. The van der Waals surface area contributed by atoms with Crippen LogP contribution in [0.4, 0.5) is 11.5 Å². The predicted octanol–water partition coefficient (Wildman–Crippen LogP) is 3.04. The Morgan fingerprint density at radius 2 is 2.12 bits per heavy atom. The average molecular weight is 278 g/mol. The number of nitrogens with two attached hydrogens (primary N) is 1. The lowest BCUT2D eigenvalue weighted by molar-refractivity contribution is 1.14. The molecule has 0 fully saturated rings. The number of aromatic nitrogens is 1. The lowest BCUT2D eigenvalue weighted by Crippen LogP contribution is -2.00. The van der Waals surface area contributed by atoms with E-state index in [1.165, 1.54) is 5.56 Å². The lowest BCUT2D eigenvalue weighted by atomic mass is 10.2. The van der Waals surface area contributed by atoms with E-state index in [9.17, 15) is 0 Å². The van der Waals surface area contributed by atoms with Crippen molar-refractivity contribution in [3.8, 4) is 0 Å². The summed E-state index contributed by atoms with van der Waals surface area (Å²) in [6.07, 6.45) is 1.69. The van der Waals surface area contributed by atoms with Gasteiger partial charge in [0, 0.05) is 29.0 Å². The second kappa shape index (κ2) is 4.99. The molecule has 1 aromatic heterocycles. The highest BCUT2D eigenvalue weighted by molar-refractivity contribution is 9.10. The number of nitrogens with zero attached hydrogens (tertiary/aromatic N) is 1. The Morgan fingerprint density at radius 1 is 1.25 bits per heavy atom. The second-order valence-corrected chi connectivity index (χ2v) is 4.37. The largest absolute Gasteiger partial charge is 0.384 e. The van der Waals surface area contributed by atoms with Crippen LogP contribution in [0.5, 0.6) is 0 Å². The molecule has 0 spiro atoms. The zero-order chi connectivity index (χ0) is 11.4. The number of benzene rings is 1. The Morgan fingerprint density at radius 3 is 2.88 bits per heavy atom. The highest BCUT2D eigenvalue weighted by Gasteiger charge is 1.95. The topological polar surface area (TPSA) is 50.9 Å². The van der Waals surface area contributed by atoms with Gasteiger partial charge in [-0.05, 0) is 23.8 Å². The van der Waals surface area contributed by atoms with Crippen molar-refractivity contribution >= 4 is 27.4 Å². The van der Waals surface area contributed by atoms with E-state index < -0.39 is 0 Å². The molecule has 0 saturated heterocycles. The standard InChI is InChI=1S/C12H12BrN3/c13-10-3-1-2-9(6-10)8-16-11-4-5-15-12(14)7-11/h1-7H,8H2,(H3,14,15,16). The number of hydrogen-bond donors (Lipinski definition) is 2. The van der Waals surface area contributed by atoms with Crippen molar-refractivity contribution in [2.45, 2.75) is 6.54 Å². The highest BCUT2D eigenvalue weighted by Crippen LogP contribution is 2.14. The summed E-state index contributed by atoms with van der Waals surface area (Å²) in [6, 6.07) is 11.9. The van der Waals surface area contributed by atoms with Crippen molar-refractivity contribution in [3.05, 3.63) is 52.6 Å². The third kappa shape index (κ3) is 2.97. The van der Waals surface area contributed by atoms with Crippen molar-refractivity contribution in [2.24, 2.45) is 0 Å². The molecule has 0 aliphatic heterocycles. The van der Waals surface area contributed by atoms with E-state index >= 15 is 0 Å². The summed E-state index contributed by atoms with van der Waals surface area (Å²) in [7, 11) is 0. The monoisotopic (exact) mass is 277 g/mol. The minimum absolute atomic E-state index is 0.527. The van der Waals surface area contributed by atoms with Crippen molar-refractivity contribution < 1.29 is 0 Å². The number of halogens is 1. The first kappa shape index (κ1) is 11.0. The first-order chi connectivity index (χ1) is 7.74. The van der Waals surface area contributed by atoms with Crippen LogP contribution in [0.2, 0.25) is 0 Å².